The van der Waals surface area contributed by atoms with Crippen LogP contribution in [0.1, 0.15) is 24.1 Å². The van der Waals surface area contributed by atoms with E-state index in [1.165, 1.54) is 22.6 Å². The van der Waals surface area contributed by atoms with Gasteiger partial charge in [-0.3, -0.25) is 4.79 Å². The molecule has 0 aromatic heterocycles. The first-order valence-electron chi connectivity index (χ1n) is 10.4. The van der Waals surface area contributed by atoms with E-state index in [9.17, 15) is 9.18 Å². The van der Waals surface area contributed by atoms with Crippen molar-refractivity contribution in [2.45, 2.75) is 25.6 Å². The number of rotatable bonds is 8. The topological polar surface area (TPSA) is 47.2 Å². The predicted octanol–water partition coefficient (Wildman–Crippen LogP) is 0.00150. The van der Waals surface area contributed by atoms with E-state index < -0.39 is 0 Å². The fourth-order valence-corrected chi connectivity index (χ4v) is 4.16. The van der Waals surface area contributed by atoms with Gasteiger partial charge in [-0.25, -0.2) is 4.39 Å². The molecule has 3 rings (SSSR count). The Bertz CT molecular complexity index is 763. The number of amides is 1. The number of hydrogen-bond donors (Lipinski definition) is 3. The van der Waals surface area contributed by atoms with Gasteiger partial charge in [0.2, 0.25) is 0 Å². The zero-order chi connectivity index (χ0) is 20.6. The Labute approximate surface area is 172 Å². The minimum absolute atomic E-state index is 0.0108. The second-order valence-corrected chi connectivity index (χ2v) is 7.95. The smallest absolute Gasteiger partial charge is 0.275 e. The Hall–Kier alpha value is -2.28. The number of carbonyl (C=O) groups is 1. The van der Waals surface area contributed by atoms with Crippen LogP contribution < -0.4 is 15.1 Å². The molecule has 0 aliphatic carbocycles. The van der Waals surface area contributed by atoms with Crippen molar-refractivity contribution < 1.29 is 23.7 Å². The third-order valence-electron chi connectivity index (χ3n) is 5.50. The van der Waals surface area contributed by atoms with Gasteiger partial charge in [0.05, 0.1) is 26.3 Å². The van der Waals surface area contributed by atoms with E-state index >= 15 is 0 Å². The molecule has 1 heterocycles. The van der Waals surface area contributed by atoms with Crippen LogP contribution in [0.5, 0.6) is 0 Å². The summed E-state index contributed by atoms with van der Waals surface area (Å²) >= 11 is 0. The van der Waals surface area contributed by atoms with E-state index in [2.05, 4.69) is 36.5 Å². The number of likely N-dealkylation sites (N-methyl/N-ethyl adjacent to an activating group) is 1. The minimum Gasteiger partial charge on any atom is -0.370 e. The van der Waals surface area contributed by atoms with Crippen LogP contribution in [0.15, 0.2) is 54.6 Å². The monoisotopic (exact) mass is 401 g/mol. The molecule has 0 spiro atoms. The maximum absolute atomic E-state index is 13.1. The molecule has 1 aliphatic heterocycles. The number of halogens is 1. The molecule has 2 aromatic carbocycles. The third-order valence-corrected chi connectivity index (χ3v) is 5.50. The van der Waals surface area contributed by atoms with Crippen molar-refractivity contribution in [3.8, 4) is 0 Å². The largest absolute Gasteiger partial charge is 0.370 e. The first-order valence-corrected chi connectivity index (χ1v) is 10.4. The average Bonchev–Trinajstić information content (AvgIpc) is 2.71. The van der Waals surface area contributed by atoms with Crippen molar-refractivity contribution in [3.05, 3.63) is 71.5 Å². The second kappa shape index (κ2) is 10.5. The molecule has 0 radical (unpaired) electrons. The summed E-state index contributed by atoms with van der Waals surface area (Å²) in [4.78, 5) is 15.2. The van der Waals surface area contributed by atoms with Crippen LogP contribution in [-0.4, -0.2) is 51.8 Å². The lowest BCUT2D eigenvalue weighted by atomic mass is 9.98. The first-order chi connectivity index (χ1) is 14.0. The first kappa shape index (κ1) is 21.4. The standard InChI is InChI=1S/C23H30FN3O2/c1-18(23(20-6-4-3-5-7-20)27-12-14-29-15-13-27)25-22(28)17-26(2)16-19-8-10-21(24)11-9-19/h3-11,18,23H,12-17H2,1-2H3,(H,25,28)/p+2/t18-,23-/m0/s1. The highest BCUT2D eigenvalue weighted by Crippen LogP contribution is 2.14. The number of benzene rings is 2. The van der Waals surface area contributed by atoms with Gasteiger partial charge in [0.15, 0.2) is 6.54 Å². The zero-order valence-corrected chi connectivity index (χ0v) is 17.3. The summed E-state index contributed by atoms with van der Waals surface area (Å²) in [7, 11) is 1.98. The molecule has 6 heteroatoms. The molecule has 0 bridgehead atoms. The Balaban J connectivity index is 1.59. The van der Waals surface area contributed by atoms with E-state index in [1.807, 2.05) is 13.1 Å². The highest BCUT2D eigenvalue weighted by atomic mass is 19.1. The molecule has 1 amide bonds. The van der Waals surface area contributed by atoms with Gasteiger partial charge < -0.3 is 19.9 Å². The SMILES string of the molecule is C[C@H](NC(=O)C[NH+](C)Cc1ccc(F)cc1)[C@@H](c1ccccc1)[NH+]1CCOCC1. The number of ether oxygens (including phenoxy) is 1. The van der Waals surface area contributed by atoms with Gasteiger partial charge in [0.1, 0.15) is 31.5 Å². The number of hydrogen-bond acceptors (Lipinski definition) is 2. The zero-order valence-electron chi connectivity index (χ0n) is 17.3. The average molecular weight is 402 g/mol. The molecular formula is C23H32FN3O2+2. The lowest BCUT2D eigenvalue weighted by molar-refractivity contribution is -0.940. The Morgan fingerprint density at radius 1 is 1.14 bits per heavy atom. The van der Waals surface area contributed by atoms with E-state index in [0.717, 1.165) is 36.8 Å². The highest BCUT2D eigenvalue weighted by Gasteiger charge is 2.32. The Morgan fingerprint density at radius 2 is 1.79 bits per heavy atom. The van der Waals surface area contributed by atoms with Crippen molar-refractivity contribution in [3.63, 3.8) is 0 Å². The summed E-state index contributed by atoms with van der Waals surface area (Å²) in [5, 5.41) is 3.22. The molecule has 2 aromatic rings. The van der Waals surface area contributed by atoms with Crippen LogP contribution in [0, 0.1) is 5.82 Å². The van der Waals surface area contributed by atoms with Crippen molar-refractivity contribution in [2.24, 2.45) is 0 Å². The minimum atomic E-state index is -0.240. The summed E-state index contributed by atoms with van der Waals surface area (Å²) in [6.45, 7) is 6.53. The lowest BCUT2D eigenvalue weighted by Crippen LogP contribution is -3.15. The summed E-state index contributed by atoms with van der Waals surface area (Å²) < 4.78 is 18.6. The highest BCUT2D eigenvalue weighted by molar-refractivity contribution is 5.77. The molecule has 29 heavy (non-hydrogen) atoms. The summed E-state index contributed by atoms with van der Waals surface area (Å²) in [5.41, 5.74) is 2.26. The molecule has 1 aliphatic rings. The maximum Gasteiger partial charge on any atom is 0.275 e. The van der Waals surface area contributed by atoms with Crippen molar-refractivity contribution in [1.29, 1.82) is 0 Å². The summed E-state index contributed by atoms with van der Waals surface area (Å²) in [5.74, 6) is -0.207. The molecule has 0 saturated carbocycles. The van der Waals surface area contributed by atoms with Crippen LogP contribution in [-0.2, 0) is 16.1 Å². The fourth-order valence-electron chi connectivity index (χ4n) is 4.16. The molecular weight excluding hydrogens is 369 g/mol. The van der Waals surface area contributed by atoms with Gasteiger partial charge in [-0.1, -0.05) is 42.5 Å². The molecule has 1 fully saturated rings. The van der Waals surface area contributed by atoms with Crippen LogP contribution in [0.25, 0.3) is 0 Å². The normalized spacial score (nSPS) is 18.0. The summed E-state index contributed by atoms with van der Waals surface area (Å²) in [6, 6.07) is 17.1. The molecule has 3 N–H and O–H groups in total. The molecule has 156 valence electrons. The predicted molar refractivity (Wildman–Crippen MR) is 110 cm³/mol. The Kier molecular flexibility index (Phi) is 7.75. The Morgan fingerprint density at radius 3 is 2.45 bits per heavy atom. The quantitative estimate of drug-likeness (QED) is 0.583. The van der Waals surface area contributed by atoms with Gasteiger partial charge in [-0.05, 0) is 19.1 Å². The molecule has 1 saturated heterocycles. The number of morpholine rings is 1. The number of quaternary nitrogens is 2. The van der Waals surface area contributed by atoms with Crippen molar-refractivity contribution >= 4 is 5.91 Å². The van der Waals surface area contributed by atoms with Gasteiger partial charge in [-0.2, -0.15) is 0 Å². The molecule has 5 nitrogen and oxygen atoms in total. The fraction of sp³-hybridized carbons (Fsp3) is 0.435. The van der Waals surface area contributed by atoms with Crippen LogP contribution in [0.3, 0.4) is 0 Å². The van der Waals surface area contributed by atoms with Crippen molar-refractivity contribution in [2.75, 3.05) is 39.9 Å². The number of carbonyl (C=O) groups excluding carboxylic acids is 1. The van der Waals surface area contributed by atoms with Crippen LogP contribution in [0.4, 0.5) is 4.39 Å². The van der Waals surface area contributed by atoms with E-state index in [1.54, 1.807) is 12.1 Å². The second-order valence-electron chi connectivity index (χ2n) is 7.95. The lowest BCUT2D eigenvalue weighted by Gasteiger charge is -2.35. The molecule has 3 atom stereocenters. The van der Waals surface area contributed by atoms with E-state index in [4.69, 9.17) is 4.74 Å². The molecule has 1 unspecified atom stereocenters. The van der Waals surface area contributed by atoms with Crippen molar-refractivity contribution in [1.82, 2.24) is 5.32 Å². The van der Waals surface area contributed by atoms with Crippen LogP contribution in [0.2, 0.25) is 0 Å². The summed E-state index contributed by atoms with van der Waals surface area (Å²) in [6.07, 6.45) is 0. The van der Waals surface area contributed by atoms with E-state index in [0.29, 0.717) is 13.1 Å². The van der Waals surface area contributed by atoms with Gasteiger partial charge in [-0.15, -0.1) is 0 Å². The van der Waals surface area contributed by atoms with E-state index in [-0.39, 0.29) is 23.8 Å². The number of nitrogens with one attached hydrogen (secondary N) is 3. The van der Waals surface area contributed by atoms with Gasteiger partial charge >= 0.3 is 0 Å². The maximum atomic E-state index is 13.1. The third kappa shape index (κ3) is 6.35. The van der Waals surface area contributed by atoms with Gasteiger partial charge in [0, 0.05) is 11.1 Å². The van der Waals surface area contributed by atoms with Gasteiger partial charge in [0.25, 0.3) is 5.91 Å². The van der Waals surface area contributed by atoms with Crippen LogP contribution >= 0.6 is 0 Å².